The fraction of sp³-hybridized carbons (Fsp3) is 0.136. The molecule has 0 aliphatic carbocycles. The van der Waals surface area contributed by atoms with Gasteiger partial charge in [0.15, 0.2) is 5.78 Å². The van der Waals surface area contributed by atoms with Crippen molar-refractivity contribution in [3.8, 4) is 5.75 Å². The molecule has 148 valence electrons. The number of carbonyl (C=O) groups is 3. The van der Waals surface area contributed by atoms with Crippen molar-refractivity contribution in [1.29, 1.82) is 0 Å². The summed E-state index contributed by atoms with van der Waals surface area (Å²) in [5.41, 5.74) is 1.96. The van der Waals surface area contributed by atoms with Gasteiger partial charge in [0, 0.05) is 22.7 Å². The largest absolute Gasteiger partial charge is 0.507 e. The minimum Gasteiger partial charge on any atom is -0.507 e. The molecule has 1 saturated heterocycles. The normalized spacial score (nSPS) is 15.1. The summed E-state index contributed by atoms with van der Waals surface area (Å²) in [5.74, 6) is -1.37. The fourth-order valence-corrected chi connectivity index (χ4v) is 3.06. The molecule has 0 saturated carbocycles. The summed E-state index contributed by atoms with van der Waals surface area (Å²) in [7, 11) is 0. The summed E-state index contributed by atoms with van der Waals surface area (Å²) in [6, 6.07) is 13.1. The molecule has 0 spiro atoms. The minimum atomic E-state index is -0.564. The number of benzene rings is 2. The van der Waals surface area contributed by atoms with Gasteiger partial charge in [-0.1, -0.05) is 42.4 Å². The van der Waals surface area contributed by atoms with Crippen LogP contribution in [0.2, 0.25) is 5.02 Å². The maximum atomic E-state index is 12.6. The van der Waals surface area contributed by atoms with Crippen LogP contribution in [0.1, 0.15) is 22.3 Å². The van der Waals surface area contributed by atoms with Crippen molar-refractivity contribution in [3.05, 3.63) is 82.5 Å². The Morgan fingerprint density at radius 3 is 2.55 bits per heavy atom. The summed E-state index contributed by atoms with van der Waals surface area (Å²) < 4.78 is 0. The summed E-state index contributed by atoms with van der Waals surface area (Å²) in [5, 5.41) is 12.7. The quantitative estimate of drug-likeness (QED) is 0.716. The molecule has 29 heavy (non-hydrogen) atoms. The van der Waals surface area contributed by atoms with Gasteiger partial charge in [0.2, 0.25) is 0 Å². The highest BCUT2D eigenvalue weighted by Crippen LogP contribution is 2.28. The number of aromatic hydroxyl groups is 1. The number of Topliss-reactive ketones (excluding diaryl/α,β-unsaturated/α-hetero) is 1. The van der Waals surface area contributed by atoms with Gasteiger partial charge < -0.3 is 15.3 Å². The molecule has 1 aliphatic heterocycles. The van der Waals surface area contributed by atoms with Crippen molar-refractivity contribution in [2.75, 3.05) is 13.1 Å². The van der Waals surface area contributed by atoms with Gasteiger partial charge in [-0.05, 0) is 35.9 Å². The third kappa shape index (κ3) is 4.92. The molecule has 1 aliphatic rings. The number of allylic oxidation sites excluding steroid dienone is 1. The van der Waals surface area contributed by atoms with E-state index in [-0.39, 0.29) is 36.1 Å². The van der Waals surface area contributed by atoms with Crippen LogP contribution in [-0.4, -0.2) is 40.7 Å². The lowest BCUT2D eigenvalue weighted by molar-refractivity contribution is -0.128. The number of hydrogen-bond acceptors (Lipinski definition) is 4. The summed E-state index contributed by atoms with van der Waals surface area (Å²) in [6.07, 6.45) is 2.09. The maximum absolute atomic E-state index is 12.6. The number of nitrogens with zero attached hydrogens (tertiary/aromatic N) is 1. The van der Waals surface area contributed by atoms with Crippen LogP contribution in [0.25, 0.3) is 6.08 Å². The van der Waals surface area contributed by atoms with Gasteiger partial charge in [0.1, 0.15) is 5.75 Å². The third-order valence-corrected chi connectivity index (χ3v) is 4.69. The smallest absolute Gasteiger partial charge is 0.255 e. The van der Waals surface area contributed by atoms with Gasteiger partial charge in [-0.25, -0.2) is 0 Å². The van der Waals surface area contributed by atoms with Gasteiger partial charge in [0.05, 0.1) is 18.7 Å². The second-order valence-corrected chi connectivity index (χ2v) is 7.03. The van der Waals surface area contributed by atoms with E-state index in [0.29, 0.717) is 22.7 Å². The Hall–Kier alpha value is -3.38. The van der Waals surface area contributed by atoms with Gasteiger partial charge >= 0.3 is 0 Å². The number of likely N-dealkylation sites (tertiary alicyclic amines) is 1. The first kappa shape index (κ1) is 20.4. The number of phenolic OH excluding ortho intramolecular Hbond substituents is 1. The van der Waals surface area contributed by atoms with Crippen LogP contribution >= 0.6 is 11.6 Å². The maximum Gasteiger partial charge on any atom is 0.255 e. The Balaban J connectivity index is 1.59. The molecular weight excluding hydrogens is 392 g/mol. The van der Waals surface area contributed by atoms with E-state index < -0.39 is 5.91 Å². The molecule has 7 heteroatoms. The van der Waals surface area contributed by atoms with Crippen LogP contribution in [0.4, 0.5) is 0 Å². The lowest BCUT2D eigenvalue weighted by Crippen LogP contribution is -2.37. The minimum absolute atomic E-state index is 0.0788. The number of para-hydroxylation sites is 1. The zero-order chi connectivity index (χ0) is 21.0. The van der Waals surface area contributed by atoms with Crippen molar-refractivity contribution in [1.82, 2.24) is 10.2 Å². The first-order valence-electron chi connectivity index (χ1n) is 8.89. The number of hydrogen-bond donors (Lipinski definition) is 2. The lowest BCUT2D eigenvalue weighted by Gasteiger charge is -2.16. The van der Waals surface area contributed by atoms with E-state index in [0.717, 1.165) is 5.56 Å². The average molecular weight is 411 g/mol. The van der Waals surface area contributed by atoms with Gasteiger partial charge in [0.25, 0.3) is 11.8 Å². The van der Waals surface area contributed by atoms with Crippen molar-refractivity contribution < 1.29 is 19.5 Å². The fourth-order valence-electron chi connectivity index (χ4n) is 2.94. The molecule has 0 radical (unpaired) electrons. The van der Waals surface area contributed by atoms with Crippen LogP contribution in [-0.2, 0) is 9.59 Å². The van der Waals surface area contributed by atoms with E-state index >= 15 is 0 Å². The second-order valence-electron chi connectivity index (χ2n) is 6.59. The summed E-state index contributed by atoms with van der Waals surface area (Å²) in [6.45, 7) is 3.42. The molecule has 0 atom stereocenters. The topological polar surface area (TPSA) is 86.7 Å². The van der Waals surface area contributed by atoms with Crippen molar-refractivity contribution in [2.45, 2.75) is 6.42 Å². The number of amides is 2. The van der Waals surface area contributed by atoms with Crippen LogP contribution in [0, 0.1) is 0 Å². The number of nitrogens with one attached hydrogen (secondary N) is 1. The number of phenols is 1. The highest BCUT2D eigenvalue weighted by atomic mass is 35.5. The predicted molar refractivity (Wildman–Crippen MR) is 110 cm³/mol. The van der Waals surface area contributed by atoms with E-state index in [1.165, 1.54) is 17.0 Å². The van der Waals surface area contributed by atoms with E-state index in [1.54, 1.807) is 42.5 Å². The Labute approximate surface area is 173 Å². The van der Waals surface area contributed by atoms with E-state index in [9.17, 15) is 19.5 Å². The average Bonchev–Trinajstić information content (AvgIpc) is 2.95. The SMILES string of the molecule is C=C1C/C(=C\c2ccc(Cl)cc2)C(=O)N1CC(=O)CNC(=O)c1ccccc1O. The molecule has 0 unspecified atom stereocenters. The second kappa shape index (κ2) is 8.75. The van der Waals surface area contributed by atoms with Crippen molar-refractivity contribution >= 4 is 35.3 Å². The number of rotatable bonds is 6. The van der Waals surface area contributed by atoms with Crippen LogP contribution in [0.5, 0.6) is 5.75 Å². The molecule has 0 bridgehead atoms. The predicted octanol–water partition coefficient (Wildman–Crippen LogP) is 3.17. The molecular formula is C22H19ClN2O4. The van der Waals surface area contributed by atoms with Crippen LogP contribution in [0.3, 0.4) is 0 Å². The Morgan fingerprint density at radius 2 is 1.86 bits per heavy atom. The molecule has 0 aromatic heterocycles. The molecule has 2 amide bonds. The van der Waals surface area contributed by atoms with Crippen molar-refractivity contribution in [2.24, 2.45) is 0 Å². The zero-order valence-corrected chi connectivity index (χ0v) is 16.3. The standard InChI is InChI=1S/C22H19ClN2O4/c1-14-10-16(11-15-6-8-17(23)9-7-15)22(29)25(14)13-18(26)12-24-21(28)19-4-2-3-5-20(19)27/h2-9,11,27H,1,10,12-13H2,(H,24,28)/b16-11+. The Bertz CT molecular complexity index is 1010. The monoisotopic (exact) mass is 410 g/mol. The molecule has 2 aromatic carbocycles. The molecule has 2 aromatic rings. The first-order chi connectivity index (χ1) is 13.8. The van der Waals surface area contributed by atoms with Gasteiger partial charge in [-0.2, -0.15) is 0 Å². The molecule has 1 fully saturated rings. The van der Waals surface area contributed by atoms with E-state index in [1.807, 2.05) is 0 Å². The first-order valence-corrected chi connectivity index (χ1v) is 9.26. The Kier molecular flexibility index (Phi) is 6.14. The summed E-state index contributed by atoms with van der Waals surface area (Å²) in [4.78, 5) is 38.3. The molecule has 1 heterocycles. The highest BCUT2D eigenvalue weighted by molar-refractivity contribution is 6.30. The van der Waals surface area contributed by atoms with Crippen LogP contribution < -0.4 is 5.32 Å². The molecule has 6 nitrogen and oxygen atoms in total. The molecule has 2 N–H and O–H groups in total. The Morgan fingerprint density at radius 1 is 1.17 bits per heavy atom. The number of ketones is 1. The number of carbonyl (C=O) groups excluding carboxylic acids is 3. The number of halogens is 1. The van der Waals surface area contributed by atoms with E-state index in [2.05, 4.69) is 11.9 Å². The third-order valence-electron chi connectivity index (χ3n) is 4.44. The van der Waals surface area contributed by atoms with Crippen LogP contribution in [0.15, 0.2) is 66.4 Å². The van der Waals surface area contributed by atoms with E-state index in [4.69, 9.17) is 11.6 Å². The highest BCUT2D eigenvalue weighted by Gasteiger charge is 2.30. The summed E-state index contributed by atoms with van der Waals surface area (Å²) >= 11 is 5.87. The zero-order valence-electron chi connectivity index (χ0n) is 15.5. The van der Waals surface area contributed by atoms with Gasteiger partial charge in [-0.3, -0.25) is 14.4 Å². The molecule has 3 rings (SSSR count). The van der Waals surface area contributed by atoms with Gasteiger partial charge in [-0.15, -0.1) is 0 Å². The lowest BCUT2D eigenvalue weighted by atomic mass is 10.1. The van der Waals surface area contributed by atoms with Crippen molar-refractivity contribution in [3.63, 3.8) is 0 Å².